The molecule has 0 radical (unpaired) electrons. The highest BCUT2D eigenvalue weighted by Crippen LogP contribution is 2.45. The quantitative estimate of drug-likeness (QED) is 0.0222. The smallest absolute Gasteiger partial charge is 0.462 e. The summed E-state index contributed by atoms with van der Waals surface area (Å²) in [6, 6.07) is 0. The van der Waals surface area contributed by atoms with Crippen LogP contribution in [0.3, 0.4) is 0 Å². The summed E-state index contributed by atoms with van der Waals surface area (Å²) in [7, 11) is -9.91. The average molecular weight is 1440 g/mol. The first kappa shape index (κ1) is 96.1. The first-order chi connectivity index (χ1) is 47.1. The summed E-state index contributed by atoms with van der Waals surface area (Å²) in [5.74, 6) is 0.902. The lowest BCUT2D eigenvalue weighted by Gasteiger charge is -2.21. The van der Waals surface area contributed by atoms with E-state index in [4.69, 9.17) is 37.0 Å². The third-order valence-electron chi connectivity index (χ3n) is 18.7. The SMILES string of the molecule is CCC(C)CCCCCCCCC(=O)O[C@H](COC(=O)CCCCCCCCCCCCCCCCCCCCC(C)C)COP(=O)(O)OCC(O)COP(=O)(O)OC[C@@H](COC(=O)CCCCCCCCC(C)C)OC(=O)CCCCCCCCCCCCCCCCCC(C)C. The van der Waals surface area contributed by atoms with E-state index in [1.54, 1.807) is 0 Å². The first-order valence-corrected chi connectivity index (χ1v) is 43.7. The van der Waals surface area contributed by atoms with Gasteiger partial charge < -0.3 is 33.8 Å². The predicted molar refractivity (Wildman–Crippen MR) is 400 cm³/mol. The van der Waals surface area contributed by atoms with Crippen LogP contribution in [0.25, 0.3) is 0 Å². The highest BCUT2D eigenvalue weighted by Gasteiger charge is 2.30. The Bertz CT molecular complexity index is 1920. The second kappa shape index (κ2) is 68.2. The van der Waals surface area contributed by atoms with E-state index >= 15 is 0 Å². The molecule has 0 amide bonds. The normalized spacial score (nSPS) is 14.3. The van der Waals surface area contributed by atoms with E-state index in [1.807, 2.05) is 0 Å². The number of rotatable bonds is 76. The van der Waals surface area contributed by atoms with Crippen LogP contribution in [0.1, 0.15) is 402 Å². The molecule has 0 fully saturated rings. The third-order valence-corrected chi connectivity index (χ3v) is 20.6. The maximum absolute atomic E-state index is 13.1. The lowest BCUT2D eigenvalue weighted by molar-refractivity contribution is -0.161. The fourth-order valence-electron chi connectivity index (χ4n) is 12.0. The van der Waals surface area contributed by atoms with Crippen molar-refractivity contribution in [3.05, 3.63) is 0 Å². The number of ether oxygens (including phenoxy) is 4. The number of esters is 4. The summed E-state index contributed by atoms with van der Waals surface area (Å²) in [5.41, 5.74) is 0. The van der Waals surface area contributed by atoms with Crippen LogP contribution in [-0.2, 0) is 65.4 Å². The monoisotopic (exact) mass is 1440 g/mol. The molecule has 0 spiro atoms. The van der Waals surface area contributed by atoms with Gasteiger partial charge in [0.1, 0.15) is 19.3 Å². The summed E-state index contributed by atoms with van der Waals surface area (Å²) in [6.07, 6.45) is 54.5. The second-order valence-corrected chi connectivity index (χ2v) is 33.0. The van der Waals surface area contributed by atoms with Crippen molar-refractivity contribution in [1.29, 1.82) is 0 Å². The molecule has 6 atom stereocenters. The molecule has 0 aliphatic carbocycles. The van der Waals surface area contributed by atoms with Gasteiger partial charge in [-0.25, -0.2) is 9.13 Å². The third kappa shape index (κ3) is 71.1. The molecule has 19 heteroatoms. The van der Waals surface area contributed by atoms with Crippen LogP contribution >= 0.6 is 15.6 Å². The number of phosphoric acid groups is 2. The molecule has 0 aromatic carbocycles. The minimum atomic E-state index is -4.96. The van der Waals surface area contributed by atoms with Gasteiger partial charge in [0.15, 0.2) is 12.2 Å². The van der Waals surface area contributed by atoms with Gasteiger partial charge in [0.2, 0.25) is 0 Å². The number of carbonyl (C=O) groups is 4. The maximum Gasteiger partial charge on any atom is 0.472 e. The lowest BCUT2D eigenvalue weighted by atomic mass is 10.00. The van der Waals surface area contributed by atoms with Gasteiger partial charge in [0, 0.05) is 25.7 Å². The Kier molecular flexibility index (Phi) is 66.8. The van der Waals surface area contributed by atoms with Crippen molar-refractivity contribution < 1.29 is 80.2 Å². The lowest BCUT2D eigenvalue weighted by Crippen LogP contribution is -2.30. The van der Waals surface area contributed by atoms with Crippen molar-refractivity contribution in [2.75, 3.05) is 39.6 Å². The van der Waals surface area contributed by atoms with Crippen LogP contribution < -0.4 is 0 Å². The molecule has 0 aromatic heterocycles. The number of hydrogen-bond acceptors (Lipinski definition) is 15. The topological polar surface area (TPSA) is 237 Å². The standard InChI is InChI=1S/C79H154O17P2/c1-9-72(8)58-50-42-36-38-46-54-62-79(84)96-75(65-89-76(81)59-51-43-33-29-25-21-17-13-11-10-12-15-19-23-27-31-39-47-55-69(2)3)68-94-98(87,88)92-64-73(80)63-91-97(85,86)93-67-74(66-90-77(82)60-52-44-37-35-41-49-57-71(6)7)95-78(83)61-53-45-34-30-26-22-18-14-16-20-24-28-32-40-48-56-70(4)5/h69-75,80H,9-68H2,1-8H3,(H,85,86)(H,87,88)/t72?,73?,74-,75-/m1/s1. The molecule has 4 unspecified atom stereocenters. The Morgan fingerprint density at radius 1 is 0.286 bits per heavy atom. The first-order valence-electron chi connectivity index (χ1n) is 40.7. The molecule has 0 saturated carbocycles. The van der Waals surface area contributed by atoms with Crippen LogP contribution in [-0.4, -0.2) is 96.7 Å². The van der Waals surface area contributed by atoms with Crippen molar-refractivity contribution in [2.24, 2.45) is 23.7 Å². The van der Waals surface area contributed by atoms with Gasteiger partial charge in [0.25, 0.3) is 0 Å². The van der Waals surface area contributed by atoms with Gasteiger partial charge in [-0.1, -0.05) is 351 Å². The van der Waals surface area contributed by atoms with Crippen LogP contribution in [0.15, 0.2) is 0 Å². The number of aliphatic hydroxyl groups is 1. The molecule has 0 aliphatic heterocycles. The van der Waals surface area contributed by atoms with Crippen molar-refractivity contribution in [3.8, 4) is 0 Å². The van der Waals surface area contributed by atoms with E-state index < -0.39 is 97.5 Å². The summed E-state index contributed by atoms with van der Waals surface area (Å²) in [4.78, 5) is 72.8. The average Bonchev–Trinajstić information content (AvgIpc) is 1.16. The molecule has 0 aromatic rings. The van der Waals surface area contributed by atoms with Crippen LogP contribution in [0, 0.1) is 23.7 Å². The molecule has 3 N–H and O–H groups in total. The van der Waals surface area contributed by atoms with E-state index in [-0.39, 0.29) is 25.7 Å². The Balaban J connectivity index is 5.12. The van der Waals surface area contributed by atoms with Crippen LogP contribution in [0.5, 0.6) is 0 Å². The van der Waals surface area contributed by atoms with Crippen molar-refractivity contribution in [3.63, 3.8) is 0 Å². The molecular weight excluding hydrogens is 1280 g/mol. The van der Waals surface area contributed by atoms with Gasteiger partial charge in [0.05, 0.1) is 26.4 Å². The number of aliphatic hydroxyl groups excluding tert-OH is 1. The molecule has 0 aliphatic rings. The molecule has 0 rings (SSSR count). The van der Waals surface area contributed by atoms with Crippen molar-refractivity contribution in [2.45, 2.75) is 420 Å². The Morgan fingerprint density at radius 2 is 0.490 bits per heavy atom. The summed E-state index contributed by atoms with van der Waals surface area (Å²) in [6.45, 7) is 14.2. The zero-order valence-electron chi connectivity index (χ0n) is 64.4. The van der Waals surface area contributed by atoms with Crippen molar-refractivity contribution in [1.82, 2.24) is 0 Å². The molecule has 0 saturated heterocycles. The van der Waals surface area contributed by atoms with E-state index in [2.05, 4.69) is 55.4 Å². The van der Waals surface area contributed by atoms with E-state index in [9.17, 15) is 43.2 Å². The van der Waals surface area contributed by atoms with E-state index in [0.717, 1.165) is 114 Å². The Labute approximate surface area is 600 Å². The van der Waals surface area contributed by atoms with E-state index in [0.29, 0.717) is 31.6 Å². The minimum Gasteiger partial charge on any atom is -0.462 e. The fourth-order valence-corrected chi connectivity index (χ4v) is 13.6. The van der Waals surface area contributed by atoms with Gasteiger partial charge in [-0.15, -0.1) is 0 Å². The zero-order chi connectivity index (χ0) is 72.4. The number of hydrogen-bond donors (Lipinski definition) is 3. The van der Waals surface area contributed by atoms with Crippen LogP contribution in [0.2, 0.25) is 0 Å². The van der Waals surface area contributed by atoms with E-state index in [1.165, 1.54) is 199 Å². The number of unbranched alkanes of at least 4 members (excludes halogenated alkanes) is 41. The predicted octanol–water partition coefficient (Wildman–Crippen LogP) is 23.2. The fraction of sp³-hybridized carbons (Fsp3) is 0.949. The highest BCUT2D eigenvalue weighted by molar-refractivity contribution is 7.47. The van der Waals surface area contributed by atoms with Gasteiger partial charge in [-0.3, -0.25) is 37.3 Å². The summed E-state index contributed by atoms with van der Waals surface area (Å²) in [5, 5.41) is 10.6. The second-order valence-electron chi connectivity index (χ2n) is 30.1. The Morgan fingerprint density at radius 3 is 0.724 bits per heavy atom. The maximum atomic E-state index is 13.1. The van der Waals surface area contributed by atoms with Gasteiger partial charge >= 0.3 is 39.5 Å². The Hall–Kier alpha value is -1.94. The van der Waals surface area contributed by atoms with Crippen LogP contribution in [0.4, 0.5) is 0 Å². The number of phosphoric ester groups is 2. The molecular formula is C79H154O17P2. The summed E-state index contributed by atoms with van der Waals surface area (Å²) < 4.78 is 68.5. The largest absolute Gasteiger partial charge is 0.472 e. The minimum absolute atomic E-state index is 0.103. The molecule has 0 heterocycles. The molecule has 98 heavy (non-hydrogen) atoms. The zero-order valence-corrected chi connectivity index (χ0v) is 66.2. The highest BCUT2D eigenvalue weighted by atomic mass is 31.2. The van der Waals surface area contributed by atoms with Crippen molar-refractivity contribution >= 4 is 39.5 Å². The van der Waals surface area contributed by atoms with Gasteiger partial charge in [-0.2, -0.15) is 0 Å². The molecule has 582 valence electrons. The number of carbonyl (C=O) groups excluding carboxylic acids is 4. The van der Waals surface area contributed by atoms with Gasteiger partial charge in [-0.05, 0) is 49.4 Å². The molecule has 0 bridgehead atoms. The molecule has 17 nitrogen and oxygen atoms in total. The summed E-state index contributed by atoms with van der Waals surface area (Å²) >= 11 is 0.